The van der Waals surface area contributed by atoms with Crippen LogP contribution < -0.4 is 5.32 Å². The summed E-state index contributed by atoms with van der Waals surface area (Å²) in [6.45, 7) is 7.39. The lowest BCUT2D eigenvalue weighted by molar-refractivity contribution is -0.121. The average Bonchev–Trinajstić information content (AvgIpc) is 2.87. The number of rotatable bonds is 1. The number of nitrogens with one attached hydrogen (secondary N) is 1. The highest BCUT2D eigenvalue weighted by atomic mass is 16.1. The number of hydrogen-bond acceptors (Lipinski definition) is 4. The Hall–Kier alpha value is -2.10. The molecule has 0 amide bonds. The number of nitrogens with zero attached hydrogens (tertiary/aromatic N) is 2. The molecule has 0 bridgehead atoms. The number of para-hydroxylation sites is 1. The summed E-state index contributed by atoms with van der Waals surface area (Å²) in [5.74, 6) is 1.91. The average molecular weight is 269 g/mol. The van der Waals surface area contributed by atoms with E-state index in [1.165, 1.54) is 0 Å². The third-order valence-electron chi connectivity index (χ3n) is 3.57. The lowest BCUT2D eigenvalue weighted by Crippen LogP contribution is -2.37. The van der Waals surface area contributed by atoms with Gasteiger partial charge in [-0.2, -0.15) is 0 Å². The molecule has 0 fully saturated rings. The third-order valence-corrected chi connectivity index (χ3v) is 3.57. The van der Waals surface area contributed by atoms with Crippen LogP contribution in [0.5, 0.6) is 0 Å². The van der Waals surface area contributed by atoms with Gasteiger partial charge in [0.15, 0.2) is 5.78 Å². The van der Waals surface area contributed by atoms with Gasteiger partial charge in [0.05, 0.1) is 12.2 Å². The van der Waals surface area contributed by atoms with Crippen LogP contribution in [-0.4, -0.2) is 29.6 Å². The Morgan fingerprint density at radius 1 is 1.35 bits per heavy atom. The highest BCUT2D eigenvalue weighted by Gasteiger charge is 2.30. The van der Waals surface area contributed by atoms with Gasteiger partial charge in [0.2, 0.25) is 0 Å². The van der Waals surface area contributed by atoms with Crippen molar-refractivity contribution in [1.29, 1.82) is 0 Å². The van der Waals surface area contributed by atoms with Crippen molar-refractivity contribution in [2.45, 2.75) is 20.8 Å². The van der Waals surface area contributed by atoms with E-state index in [4.69, 9.17) is 0 Å². The van der Waals surface area contributed by atoms with Crippen molar-refractivity contribution in [3.63, 3.8) is 0 Å². The molecule has 4 nitrogen and oxygen atoms in total. The number of allylic oxidation sites excluding steroid dienone is 1. The van der Waals surface area contributed by atoms with Gasteiger partial charge < -0.3 is 10.2 Å². The predicted molar refractivity (Wildman–Crippen MR) is 80.7 cm³/mol. The van der Waals surface area contributed by atoms with Crippen molar-refractivity contribution in [3.05, 3.63) is 41.7 Å². The molecular formula is C16H19N3O. The van der Waals surface area contributed by atoms with Crippen LogP contribution in [0.2, 0.25) is 0 Å². The molecule has 0 saturated heterocycles. The van der Waals surface area contributed by atoms with E-state index in [-0.39, 0.29) is 11.2 Å². The first-order valence-electron chi connectivity index (χ1n) is 6.91. The van der Waals surface area contributed by atoms with Crippen molar-refractivity contribution < 1.29 is 4.79 Å². The molecule has 1 aromatic rings. The number of carbonyl (C=O) groups is 1. The molecule has 0 radical (unpaired) electrons. The fourth-order valence-corrected chi connectivity index (χ4v) is 2.36. The van der Waals surface area contributed by atoms with Gasteiger partial charge >= 0.3 is 0 Å². The summed E-state index contributed by atoms with van der Waals surface area (Å²) < 4.78 is 0. The second kappa shape index (κ2) is 4.47. The summed E-state index contributed by atoms with van der Waals surface area (Å²) in [4.78, 5) is 18.9. The van der Waals surface area contributed by atoms with E-state index >= 15 is 0 Å². The normalized spacial score (nSPS) is 19.2. The van der Waals surface area contributed by atoms with Gasteiger partial charge in [0.25, 0.3) is 0 Å². The van der Waals surface area contributed by atoms with Gasteiger partial charge in [0, 0.05) is 23.6 Å². The van der Waals surface area contributed by atoms with Gasteiger partial charge in [-0.1, -0.05) is 32.9 Å². The van der Waals surface area contributed by atoms with Gasteiger partial charge in [-0.15, -0.1) is 0 Å². The van der Waals surface area contributed by atoms with Gasteiger partial charge in [-0.05, 0) is 12.1 Å². The Bertz CT molecular complexity index is 623. The van der Waals surface area contributed by atoms with E-state index in [2.05, 4.69) is 21.3 Å². The maximum Gasteiger partial charge on any atom is 0.164 e. The first-order chi connectivity index (χ1) is 9.47. The second-order valence-electron chi connectivity index (χ2n) is 6.17. The fourth-order valence-electron chi connectivity index (χ4n) is 2.36. The van der Waals surface area contributed by atoms with Gasteiger partial charge in [-0.25, -0.2) is 0 Å². The van der Waals surface area contributed by atoms with Crippen molar-refractivity contribution in [1.82, 2.24) is 4.90 Å². The summed E-state index contributed by atoms with van der Waals surface area (Å²) in [7, 11) is 0. The fraction of sp³-hybridized carbons (Fsp3) is 0.375. The zero-order valence-corrected chi connectivity index (χ0v) is 12.1. The largest absolute Gasteiger partial charge is 0.341 e. The third kappa shape index (κ3) is 2.11. The van der Waals surface area contributed by atoms with Crippen molar-refractivity contribution in [2.24, 2.45) is 10.4 Å². The van der Waals surface area contributed by atoms with Crippen molar-refractivity contribution in [2.75, 3.05) is 18.4 Å². The van der Waals surface area contributed by atoms with Crippen LogP contribution in [0.3, 0.4) is 0 Å². The number of anilines is 1. The Morgan fingerprint density at radius 2 is 2.10 bits per heavy atom. The quantitative estimate of drug-likeness (QED) is 0.797. The molecule has 104 valence electrons. The number of benzene rings is 1. The molecule has 2 aliphatic rings. The predicted octanol–water partition coefficient (Wildman–Crippen LogP) is 2.63. The number of fused-ring (bicyclic) bond motifs is 3. The monoisotopic (exact) mass is 269 g/mol. The van der Waals surface area contributed by atoms with Crippen LogP contribution in [0.4, 0.5) is 5.69 Å². The maximum absolute atomic E-state index is 12.3. The van der Waals surface area contributed by atoms with E-state index in [1.54, 1.807) is 6.08 Å². The van der Waals surface area contributed by atoms with E-state index in [9.17, 15) is 4.79 Å². The number of ketones is 1. The summed E-state index contributed by atoms with van der Waals surface area (Å²) >= 11 is 0. The van der Waals surface area contributed by atoms with Crippen molar-refractivity contribution in [3.8, 4) is 0 Å². The van der Waals surface area contributed by atoms with Crippen LogP contribution >= 0.6 is 0 Å². The molecule has 0 saturated carbocycles. The SMILES string of the molecule is CC(C)(C)C(=O)C=C1Nc2ccccc2C2=NCCN12. The van der Waals surface area contributed by atoms with E-state index in [0.29, 0.717) is 0 Å². The molecule has 0 aliphatic carbocycles. The molecule has 2 aliphatic heterocycles. The lowest BCUT2D eigenvalue weighted by Gasteiger charge is -2.31. The molecule has 2 heterocycles. The molecule has 0 atom stereocenters. The van der Waals surface area contributed by atoms with Crippen LogP contribution in [0.25, 0.3) is 0 Å². The number of amidine groups is 1. The Labute approximate surface area is 119 Å². The zero-order chi connectivity index (χ0) is 14.3. The summed E-state index contributed by atoms with van der Waals surface area (Å²) in [5.41, 5.74) is 1.74. The van der Waals surface area contributed by atoms with Crippen LogP contribution in [0.15, 0.2) is 41.2 Å². The Balaban J connectivity index is 2.02. The molecule has 1 N–H and O–H groups in total. The topological polar surface area (TPSA) is 44.7 Å². The van der Waals surface area contributed by atoms with Gasteiger partial charge in [-0.3, -0.25) is 9.79 Å². The molecule has 4 heteroatoms. The minimum absolute atomic E-state index is 0.116. The first-order valence-corrected chi connectivity index (χ1v) is 6.91. The smallest absolute Gasteiger partial charge is 0.164 e. The van der Waals surface area contributed by atoms with E-state index in [1.807, 2.05) is 39.0 Å². The van der Waals surface area contributed by atoms with E-state index in [0.717, 1.165) is 36.0 Å². The molecule has 0 spiro atoms. The summed E-state index contributed by atoms with van der Waals surface area (Å²) in [5, 5.41) is 3.36. The number of hydrogen-bond donors (Lipinski definition) is 1. The lowest BCUT2D eigenvalue weighted by atomic mass is 9.90. The van der Waals surface area contributed by atoms with Crippen LogP contribution in [0, 0.1) is 5.41 Å². The number of carbonyl (C=O) groups excluding carboxylic acids is 1. The Morgan fingerprint density at radius 3 is 2.85 bits per heavy atom. The minimum atomic E-state index is -0.372. The van der Waals surface area contributed by atoms with Gasteiger partial charge in [0.1, 0.15) is 11.7 Å². The van der Waals surface area contributed by atoms with Crippen LogP contribution in [0.1, 0.15) is 26.3 Å². The maximum atomic E-state index is 12.3. The molecule has 1 aromatic carbocycles. The first kappa shape index (κ1) is 12.9. The summed E-state index contributed by atoms with van der Waals surface area (Å²) in [6.07, 6.45) is 1.71. The molecule has 3 rings (SSSR count). The minimum Gasteiger partial charge on any atom is -0.341 e. The molecule has 0 unspecified atom stereocenters. The highest BCUT2D eigenvalue weighted by Crippen LogP contribution is 2.30. The van der Waals surface area contributed by atoms with Crippen LogP contribution in [-0.2, 0) is 4.79 Å². The van der Waals surface area contributed by atoms with E-state index < -0.39 is 0 Å². The molecule has 20 heavy (non-hydrogen) atoms. The highest BCUT2D eigenvalue weighted by molar-refractivity contribution is 6.08. The summed E-state index contributed by atoms with van der Waals surface area (Å²) in [6, 6.07) is 8.07. The standard InChI is InChI=1S/C16H19N3O/c1-16(2,3)13(20)10-14-18-12-7-5-4-6-11(12)15-17-8-9-19(14)15/h4-7,10,18H,8-9H2,1-3H3. The second-order valence-corrected chi connectivity index (χ2v) is 6.17. The molecular weight excluding hydrogens is 250 g/mol. The number of aliphatic imine (C=N–C) groups is 1. The zero-order valence-electron chi connectivity index (χ0n) is 12.1. The van der Waals surface area contributed by atoms with Crippen molar-refractivity contribution >= 4 is 17.3 Å². The Kier molecular flexibility index (Phi) is 2.89. The molecule has 0 aromatic heterocycles.